The number of hydrogen-bond donors (Lipinski definition) is 2. The minimum absolute atomic E-state index is 0.275. The first-order chi connectivity index (χ1) is 8.15. The van der Waals surface area contributed by atoms with Crippen molar-refractivity contribution in [3.05, 3.63) is 27.8 Å². The van der Waals surface area contributed by atoms with Crippen molar-refractivity contribution in [3.8, 4) is 5.75 Å². The predicted octanol–water partition coefficient (Wildman–Crippen LogP) is 2.20. The van der Waals surface area contributed by atoms with Gasteiger partial charge in [-0.3, -0.25) is 0 Å². The SMILES string of the molecule is COc1cc(C)c(Cl)c(C)c1C1CNCCN1. The van der Waals surface area contributed by atoms with Gasteiger partial charge in [0.15, 0.2) is 0 Å². The highest BCUT2D eigenvalue weighted by Gasteiger charge is 2.22. The normalized spacial score (nSPS) is 20.4. The number of halogens is 1. The summed E-state index contributed by atoms with van der Waals surface area (Å²) in [6, 6.07) is 2.29. The molecule has 3 nitrogen and oxygen atoms in total. The largest absolute Gasteiger partial charge is 0.496 e. The average Bonchev–Trinajstić information content (AvgIpc) is 2.36. The summed E-state index contributed by atoms with van der Waals surface area (Å²) in [6.45, 7) is 6.96. The van der Waals surface area contributed by atoms with Crippen LogP contribution in [0.1, 0.15) is 22.7 Å². The van der Waals surface area contributed by atoms with Gasteiger partial charge in [-0.1, -0.05) is 11.6 Å². The van der Waals surface area contributed by atoms with Gasteiger partial charge in [0.25, 0.3) is 0 Å². The second-order valence-electron chi connectivity index (χ2n) is 4.46. The Bertz CT molecular complexity index is 414. The van der Waals surface area contributed by atoms with Gasteiger partial charge in [0, 0.05) is 36.3 Å². The Morgan fingerprint density at radius 3 is 2.71 bits per heavy atom. The number of methoxy groups -OCH3 is 1. The lowest BCUT2D eigenvalue weighted by Gasteiger charge is -2.28. The van der Waals surface area contributed by atoms with Crippen LogP contribution in [0.2, 0.25) is 5.02 Å². The van der Waals surface area contributed by atoms with Crippen LogP contribution in [0.4, 0.5) is 0 Å². The smallest absolute Gasteiger partial charge is 0.124 e. The third-order valence-corrected chi connectivity index (χ3v) is 3.88. The molecule has 1 fully saturated rings. The number of nitrogens with one attached hydrogen (secondary N) is 2. The predicted molar refractivity (Wildman–Crippen MR) is 71.1 cm³/mol. The van der Waals surface area contributed by atoms with Gasteiger partial charge in [-0.25, -0.2) is 0 Å². The summed E-state index contributed by atoms with van der Waals surface area (Å²) < 4.78 is 5.49. The zero-order valence-corrected chi connectivity index (χ0v) is 11.3. The standard InChI is InChI=1S/C13H19ClN2O/c1-8-6-11(17-3)12(9(2)13(8)14)10-7-15-4-5-16-10/h6,10,15-16H,4-5,7H2,1-3H3. The Kier molecular flexibility index (Phi) is 3.92. The highest BCUT2D eigenvalue weighted by atomic mass is 35.5. The zero-order valence-electron chi connectivity index (χ0n) is 10.6. The van der Waals surface area contributed by atoms with Crippen LogP contribution in [-0.2, 0) is 0 Å². The molecule has 2 rings (SSSR count). The fraction of sp³-hybridized carbons (Fsp3) is 0.538. The molecule has 0 aromatic heterocycles. The van der Waals surface area contributed by atoms with E-state index in [2.05, 4.69) is 17.6 Å². The second-order valence-corrected chi connectivity index (χ2v) is 4.84. The van der Waals surface area contributed by atoms with E-state index in [1.165, 1.54) is 5.56 Å². The van der Waals surface area contributed by atoms with Gasteiger partial charge in [-0.2, -0.15) is 0 Å². The first-order valence-electron chi connectivity index (χ1n) is 5.92. The summed E-state index contributed by atoms with van der Waals surface area (Å²) in [5.74, 6) is 0.922. The number of piperazine rings is 1. The number of aryl methyl sites for hydroxylation is 1. The molecule has 1 heterocycles. The van der Waals surface area contributed by atoms with E-state index in [9.17, 15) is 0 Å². The Balaban J connectivity index is 2.46. The van der Waals surface area contributed by atoms with Crippen LogP contribution in [0, 0.1) is 13.8 Å². The second kappa shape index (κ2) is 5.25. The Labute approximate surface area is 107 Å². The summed E-state index contributed by atoms with van der Waals surface area (Å²) in [4.78, 5) is 0. The Hall–Kier alpha value is -0.770. The number of rotatable bonds is 2. The minimum Gasteiger partial charge on any atom is -0.496 e. The molecule has 1 atom stereocenters. The molecule has 0 aliphatic carbocycles. The molecule has 0 amide bonds. The van der Waals surface area contributed by atoms with E-state index in [0.717, 1.165) is 41.5 Å². The molecule has 1 unspecified atom stereocenters. The lowest BCUT2D eigenvalue weighted by Crippen LogP contribution is -2.43. The third kappa shape index (κ3) is 2.41. The van der Waals surface area contributed by atoms with Crippen LogP contribution in [0.15, 0.2) is 6.07 Å². The minimum atomic E-state index is 0.275. The fourth-order valence-corrected chi connectivity index (χ4v) is 2.55. The molecule has 1 saturated heterocycles. The Morgan fingerprint density at radius 2 is 2.12 bits per heavy atom. The zero-order chi connectivity index (χ0) is 12.4. The number of benzene rings is 1. The lowest BCUT2D eigenvalue weighted by molar-refractivity contribution is 0.380. The summed E-state index contributed by atoms with van der Waals surface area (Å²) in [5.41, 5.74) is 3.36. The fourth-order valence-electron chi connectivity index (χ4n) is 2.40. The molecule has 4 heteroatoms. The van der Waals surface area contributed by atoms with Crippen LogP contribution in [-0.4, -0.2) is 26.7 Å². The van der Waals surface area contributed by atoms with E-state index in [1.54, 1.807) is 7.11 Å². The topological polar surface area (TPSA) is 33.3 Å². The van der Waals surface area contributed by atoms with Gasteiger partial charge < -0.3 is 15.4 Å². The van der Waals surface area contributed by atoms with Crippen molar-refractivity contribution in [2.45, 2.75) is 19.9 Å². The van der Waals surface area contributed by atoms with Crippen molar-refractivity contribution < 1.29 is 4.74 Å². The summed E-state index contributed by atoms with van der Waals surface area (Å²) in [6.07, 6.45) is 0. The average molecular weight is 255 g/mol. The van der Waals surface area contributed by atoms with Crippen LogP contribution in [0.25, 0.3) is 0 Å². The molecular formula is C13H19ClN2O. The quantitative estimate of drug-likeness (QED) is 0.849. The Morgan fingerprint density at radius 1 is 1.35 bits per heavy atom. The van der Waals surface area contributed by atoms with Crippen molar-refractivity contribution in [1.82, 2.24) is 10.6 Å². The molecule has 0 bridgehead atoms. The van der Waals surface area contributed by atoms with Gasteiger partial charge in [0.2, 0.25) is 0 Å². The van der Waals surface area contributed by atoms with Gasteiger partial charge in [-0.05, 0) is 31.0 Å². The maximum absolute atomic E-state index is 6.33. The summed E-state index contributed by atoms with van der Waals surface area (Å²) >= 11 is 6.33. The van der Waals surface area contributed by atoms with E-state index in [1.807, 2.05) is 13.0 Å². The molecule has 17 heavy (non-hydrogen) atoms. The number of hydrogen-bond acceptors (Lipinski definition) is 3. The molecule has 1 aromatic rings. The van der Waals surface area contributed by atoms with Crippen LogP contribution < -0.4 is 15.4 Å². The molecular weight excluding hydrogens is 236 g/mol. The van der Waals surface area contributed by atoms with Crippen molar-refractivity contribution in [2.75, 3.05) is 26.7 Å². The molecule has 94 valence electrons. The van der Waals surface area contributed by atoms with Crippen molar-refractivity contribution in [3.63, 3.8) is 0 Å². The third-order valence-electron chi connectivity index (χ3n) is 3.30. The molecule has 0 saturated carbocycles. The summed E-state index contributed by atoms with van der Waals surface area (Å²) in [7, 11) is 1.71. The van der Waals surface area contributed by atoms with E-state index in [4.69, 9.17) is 16.3 Å². The van der Waals surface area contributed by atoms with Crippen molar-refractivity contribution in [2.24, 2.45) is 0 Å². The molecule has 0 radical (unpaired) electrons. The van der Waals surface area contributed by atoms with Crippen molar-refractivity contribution in [1.29, 1.82) is 0 Å². The van der Waals surface area contributed by atoms with Crippen LogP contribution >= 0.6 is 11.6 Å². The van der Waals surface area contributed by atoms with Crippen molar-refractivity contribution >= 4 is 11.6 Å². The molecule has 1 aromatic carbocycles. The van der Waals surface area contributed by atoms with Gasteiger partial charge >= 0.3 is 0 Å². The maximum atomic E-state index is 6.33. The van der Waals surface area contributed by atoms with Gasteiger partial charge in [0.05, 0.1) is 7.11 Å². The highest BCUT2D eigenvalue weighted by Crippen LogP contribution is 2.35. The van der Waals surface area contributed by atoms with Gasteiger partial charge in [0.1, 0.15) is 5.75 Å². The van der Waals surface area contributed by atoms with Crippen LogP contribution in [0.3, 0.4) is 0 Å². The molecule has 2 N–H and O–H groups in total. The summed E-state index contributed by atoms with van der Waals surface area (Å²) in [5, 5.41) is 7.72. The van der Waals surface area contributed by atoms with E-state index in [0.29, 0.717) is 0 Å². The maximum Gasteiger partial charge on any atom is 0.124 e. The van der Waals surface area contributed by atoms with E-state index in [-0.39, 0.29) is 6.04 Å². The first kappa shape index (κ1) is 12.7. The number of ether oxygens (including phenoxy) is 1. The molecule has 1 aliphatic rings. The highest BCUT2D eigenvalue weighted by molar-refractivity contribution is 6.32. The molecule has 1 aliphatic heterocycles. The first-order valence-corrected chi connectivity index (χ1v) is 6.30. The monoisotopic (exact) mass is 254 g/mol. The van der Waals surface area contributed by atoms with E-state index >= 15 is 0 Å². The lowest BCUT2D eigenvalue weighted by atomic mass is 9.96. The molecule has 0 spiro atoms. The van der Waals surface area contributed by atoms with E-state index < -0.39 is 0 Å². The van der Waals surface area contributed by atoms with Gasteiger partial charge in [-0.15, -0.1) is 0 Å². The van der Waals surface area contributed by atoms with Crippen LogP contribution in [0.5, 0.6) is 5.75 Å².